The second-order valence-electron chi connectivity index (χ2n) is 8.63. The number of hydrogen-bond acceptors (Lipinski definition) is 6. The van der Waals surface area contributed by atoms with E-state index in [1.807, 2.05) is 24.3 Å². The number of carbonyl (C=O) groups excluding carboxylic acids is 1. The molecular formula is C25H33N3O5S. The molecule has 2 aliphatic heterocycles. The number of sulfonamides is 1. The summed E-state index contributed by atoms with van der Waals surface area (Å²) in [6.07, 6.45) is 3.78. The molecular weight excluding hydrogens is 454 g/mol. The third-order valence-electron chi connectivity index (χ3n) is 6.38. The monoisotopic (exact) mass is 487 g/mol. The Morgan fingerprint density at radius 2 is 1.65 bits per heavy atom. The molecule has 9 heteroatoms. The van der Waals surface area contributed by atoms with E-state index in [1.165, 1.54) is 23.5 Å². The smallest absolute Gasteiger partial charge is 0.255 e. The number of hydrogen-bond donors (Lipinski definition) is 1. The Bertz CT molecular complexity index is 1070. The van der Waals surface area contributed by atoms with Crippen LogP contribution in [-0.2, 0) is 21.3 Å². The number of ether oxygens (including phenoxy) is 2. The fraction of sp³-hybridized carbons (Fsp3) is 0.480. The number of carbonyl (C=O) groups is 1. The van der Waals surface area contributed by atoms with Gasteiger partial charge >= 0.3 is 0 Å². The van der Waals surface area contributed by atoms with Gasteiger partial charge in [0.25, 0.3) is 5.91 Å². The maximum Gasteiger partial charge on any atom is 0.255 e. The zero-order chi connectivity index (χ0) is 24.0. The number of benzene rings is 2. The van der Waals surface area contributed by atoms with Crippen molar-refractivity contribution in [1.82, 2.24) is 9.62 Å². The Balaban J connectivity index is 1.45. The topological polar surface area (TPSA) is 88.2 Å². The first-order valence-corrected chi connectivity index (χ1v) is 13.3. The SMILES string of the molecule is COc1ccc(S(=O)(=O)N2CCCCCC2)cc1C(=O)NCc1ccc(N2CCOCC2)cc1. The third-order valence-corrected chi connectivity index (χ3v) is 8.28. The van der Waals surface area contributed by atoms with E-state index in [1.54, 1.807) is 6.07 Å². The largest absolute Gasteiger partial charge is 0.496 e. The van der Waals surface area contributed by atoms with Crippen molar-refractivity contribution in [3.8, 4) is 5.75 Å². The van der Waals surface area contributed by atoms with E-state index >= 15 is 0 Å². The van der Waals surface area contributed by atoms with Crippen LogP contribution < -0.4 is 15.0 Å². The molecule has 1 amide bonds. The van der Waals surface area contributed by atoms with Gasteiger partial charge in [0.15, 0.2) is 0 Å². The fourth-order valence-corrected chi connectivity index (χ4v) is 5.92. The van der Waals surface area contributed by atoms with Crippen molar-refractivity contribution in [2.75, 3.05) is 51.4 Å². The second kappa shape index (κ2) is 11.2. The molecule has 2 fully saturated rings. The number of rotatable bonds is 7. The molecule has 0 aromatic heterocycles. The summed E-state index contributed by atoms with van der Waals surface area (Å²) >= 11 is 0. The summed E-state index contributed by atoms with van der Waals surface area (Å²) in [6, 6.07) is 12.6. The molecule has 2 aliphatic rings. The maximum atomic E-state index is 13.2. The summed E-state index contributed by atoms with van der Waals surface area (Å²) in [5, 5.41) is 2.90. The first kappa shape index (κ1) is 24.5. The zero-order valence-corrected chi connectivity index (χ0v) is 20.5. The standard InChI is InChI=1S/C25H33N3O5S/c1-32-24-11-10-22(34(30,31)28-12-4-2-3-5-13-28)18-23(24)25(29)26-19-20-6-8-21(9-7-20)27-14-16-33-17-15-27/h6-11,18H,2-5,12-17,19H2,1H3,(H,26,29). The minimum atomic E-state index is -3.66. The average molecular weight is 488 g/mol. The van der Waals surface area contributed by atoms with Crippen LogP contribution in [0.5, 0.6) is 5.75 Å². The number of anilines is 1. The van der Waals surface area contributed by atoms with Crippen molar-refractivity contribution in [2.24, 2.45) is 0 Å². The average Bonchev–Trinajstić information content (AvgIpc) is 3.18. The van der Waals surface area contributed by atoms with Gasteiger partial charge in [-0.25, -0.2) is 8.42 Å². The number of morpholine rings is 1. The van der Waals surface area contributed by atoms with E-state index in [0.717, 1.165) is 63.2 Å². The normalized spacial score (nSPS) is 17.7. The molecule has 184 valence electrons. The molecule has 1 N–H and O–H groups in total. The lowest BCUT2D eigenvalue weighted by Gasteiger charge is -2.28. The van der Waals surface area contributed by atoms with Crippen LogP contribution >= 0.6 is 0 Å². The van der Waals surface area contributed by atoms with Crippen LogP contribution in [0.4, 0.5) is 5.69 Å². The summed E-state index contributed by atoms with van der Waals surface area (Å²) < 4.78 is 38.7. The minimum Gasteiger partial charge on any atom is -0.496 e. The molecule has 2 aromatic rings. The highest BCUT2D eigenvalue weighted by Crippen LogP contribution is 2.26. The molecule has 0 aliphatic carbocycles. The van der Waals surface area contributed by atoms with Crippen LogP contribution in [0.2, 0.25) is 0 Å². The van der Waals surface area contributed by atoms with Crippen molar-refractivity contribution in [1.29, 1.82) is 0 Å². The number of nitrogens with one attached hydrogen (secondary N) is 1. The van der Waals surface area contributed by atoms with E-state index in [0.29, 0.717) is 25.4 Å². The predicted molar refractivity (Wildman–Crippen MR) is 131 cm³/mol. The van der Waals surface area contributed by atoms with Crippen molar-refractivity contribution in [3.05, 3.63) is 53.6 Å². The van der Waals surface area contributed by atoms with Crippen molar-refractivity contribution in [3.63, 3.8) is 0 Å². The first-order chi connectivity index (χ1) is 16.5. The highest BCUT2D eigenvalue weighted by Gasteiger charge is 2.27. The Hall–Kier alpha value is -2.62. The Labute approximate surface area is 201 Å². The van der Waals surface area contributed by atoms with Crippen LogP contribution in [0.1, 0.15) is 41.6 Å². The third kappa shape index (κ3) is 5.71. The quantitative estimate of drug-likeness (QED) is 0.646. The summed E-state index contributed by atoms with van der Waals surface area (Å²) in [5.41, 5.74) is 2.30. The van der Waals surface area contributed by atoms with Crippen molar-refractivity contribution in [2.45, 2.75) is 37.1 Å². The number of methoxy groups -OCH3 is 1. The maximum absolute atomic E-state index is 13.2. The molecule has 0 saturated carbocycles. The molecule has 0 bridgehead atoms. The van der Waals surface area contributed by atoms with Crippen LogP contribution in [-0.4, -0.2) is 65.1 Å². The van der Waals surface area contributed by atoms with Gasteiger partial charge in [0.1, 0.15) is 5.75 Å². The highest BCUT2D eigenvalue weighted by atomic mass is 32.2. The summed E-state index contributed by atoms with van der Waals surface area (Å²) in [5.74, 6) is -0.0306. The minimum absolute atomic E-state index is 0.121. The summed E-state index contributed by atoms with van der Waals surface area (Å²) in [6.45, 7) is 4.54. The molecule has 2 heterocycles. The van der Waals surface area contributed by atoms with Gasteiger partial charge in [-0.2, -0.15) is 4.31 Å². The summed E-state index contributed by atoms with van der Waals surface area (Å²) in [4.78, 5) is 15.4. The molecule has 2 aromatic carbocycles. The van der Waals surface area contributed by atoms with Gasteiger partial charge in [0, 0.05) is 38.4 Å². The summed E-state index contributed by atoms with van der Waals surface area (Å²) in [7, 11) is -2.19. The second-order valence-corrected chi connectivity index (χ2v) is 10.6. The van der Waals surface area contributed by atoms with Crippen LogP contribution in [0.25, 0.3) is 0 Å². The van der Waals surface area contributed by atoms with Crippen LogP contribution in [0.15, 0.2) is 47.4 Å². The van der Waals surface area contributed by atoms with E-state index < -0.39 is 10.0 Å². The molecule has 0 unspecified atom stereocenters. The van der Waals surface area contributed by atoms with Crippen molar-refractivity contribution >= 4 is 21.6 Å². The Morgan fingerprint density at radius 1 is 0.971 bits per heavy atom. The van der Waals surface area contributed by atoms with Gasteiger partial charge in [-0.15, -0.1) is 0 Å². The van der Waals surface area contributed by atoms with Gasteiger partial charge in [0.2, 0.25) is 10.0 Å². The molecule has 2 saturated heterocycles. The Kier molecular flexibility index (Phi) is 8.07. The number of amides is 1. The number of nitrogens with zero attached hydrogens (tertiary/aromatic N) is 2. The van der Waals surface area contributed by atoms with E-state index in [2.05, 4.69) is 10.2 Å². The lowest BCUT2D eigenvalue weighted by Crippen LogP contribution is -2.36. The zero-order valence-electron chi connectivity index (χ0n) is 19.7. The molecule has 0 radical (unpaired) electrons. The first-order valence-electron chi connectivity index (χ1n) is 11.9. The molecule has 8 nitrogen and oxygen atoms in total. The molecule has 4 rings (SSSR count). The van der Waals surface area contributed by atoms with Crippen molar-refractivity contribution < 1.29 is 22.7 Å². The molecule has 0 atom stereocenters. The van der Waals surface area contributed by atoms with Gasteiger partial charge in [-0.05, 0) is 48.7 Å². The predicted octanol–water partition coefficient (Wildman–Crippen LogP) is 3.03. The Morgan fingerprint density at radius 3 is 2.29 bits per heavy atom. The van der Waals surface area contributed by atoms with E-state index in [4.69, 9.17) is 9.47 Å². The van der Waals surface area contributed by atoms with Gasteiger partial charge in [-0.1, -0.05) is 25.0 Å². The van der Waals surface area contributed by atoms with Gasteiger partial charge in [-0.3, -0.25) is 4.79 Å². The van der Waals surface area contributed by atoms with E-state index in [-0.39, 0.29) is 16.4 Å². The fourth-order valence-electron chi connectivity index (χ4n) is 4.38. The lowest BCUT2D eigenvalue weighted by atomic mass is 10.1. The van der Waals surface area contributed by atoms with E-state index in [9.17, 15) is 13.2 Å². The van der Waals surface area contributed by atoms with Gasteiger partial charge < -0.3 is 19.7 Å². The highest BCUT2D eigenvalue weighted by molar-refractivity contribution is 7.89. The lowest BCUT2D eigenvalue weighted by molar-refractivity contribution is 0.0947. The molecule has 34 heavy (non-hydrogen) atoms. The van der Waals surface area contributed by atoms with Crippen LogP contribution in [0, 0.1) is 0 Å². The molecule has 0 spiro atoms. The van der Waals surface area contributed by atoms with Crippen LogP contribution in [0.3, 0.4) is 0 Å². The van der Waals surface area contributed by atoms with Gasteiger partial charge in [0.05, 0.1) is 30.8 Å².